The summed E-state index contributed by atoms with van der Waals surface area (Å²) < 4.78 is 0. The zero-order valence-electron chi connectivity index (χ0n) is 8.86. The Hall–Kier alpha value is -0.120. The molecule has 0 aromatic rings. The first kappa shape index (κ1) is 10.4. The van der Waals surface area contributed by atoms with E-state index in [2.05, 4.69) is 4.90 Å². The van der Waals surface area contributed by atoms with Crippen molar-refractivity contribution in [2.24, 2.45) is 11.7 Å². The number of likely N-dealkylation sites (tertiary alicyclic amines) is 1. The monoisotopic (exact) mass is 198 g/mol. The minimum absolute atomic E-state index is 0.0749. The predicted octanol–water partition coefficient (Wildman–Crippen LogP) is 0.570. The van der Waals surface area contributed by atoms with Gasteiger partial charge in [0.1, 0.15) is 0 Å². The first-order valence-electron chi connectivity index (χ1n) is 5.93. The fourth-order valence-corrected chi connectivity index (χ4v) is 3.12. The second kappa shape index (κ2) is 4.60. The molecule has 0 bridgehead atoms. The molecule has 0 spiro atoms. The minimum atomic E-state index is -0.0749. The Morgan fingerprint density at radius 1 is 1.29 bits per heavy atom. The van der Waals surface area contributed by atoms with Crippen LogP contribution >= 0.6 is 0 Å². The molecule has 1 saturated heterocycles. The quantitative estimate of drug-likeness (QED) is 0.697. The minimum Gasteiger partial charge on any atom is -0.392 e. The Kier molecular flexibility index (Phi) is 3.42. The van der Waals surface area contributed by atoms with Crippen molar-refractivity contribution in [1.82, 2.24) is 4.90 Å². The predicted molar refractivity (Wildman–Crippen MR) is 57.0 cm³/mol. The first-order chi connectivity index (χ1) is 6.81. The number of hydrogen-bond donors (Lipinski definition) is 2. The summed E-state index contributed by atoms with van der Waals surface area (Å²) >= 11 is 0. The Labute approximate surface area is 86.3 Å². The highest BCUT2D eigenvalue weighted by molar-refractivity contribution is 4.89. The molecule has 1 aliphatic heterocycles. The van der Waals surface area contributed by atoms with Gasteiger partial charge in [0.15, 0.2) is 0 Å². The third-order valence-electron chi connectivity index (χ3n) is 3.82. The van der Waals surface area contributed by atoms with E-state index in [1.54, 1.807) is 0 Å². The van der Waals surface area contributed by atoms with Crippen LogP contribution < -0.4 is 5.73 Å². The van der Waals surface area contributed by atoms with E-state index >= 15 is 0 Å². The lowest BCUT2D eigenvalue weighted by Crippen LogP contribution is -2.37. The second-order valence-corrected chi connectivity index (χ2v) is 4.77. The average Bonchev–Trinajstić information content (AvgIpc) is 2.74. The topological polar surface area (TPSA) is 49.5 Å². The van der Waals surface area contributed by atoms with Gasteiger partial charge in [-0.3, -0.25) is 4.90 Å². The van der Waals surface area contributed by atoms with Crippen molar-refractivity contribution in [3.8, 4) is 0 Å². The number of rotatable bonds is 3. The van der Waals surface area contributed by atoms with Crippen molar-refractivity contribution in [3.63, 3.8) is 0 Å². The van der Waals surface area contributed by atoms with Crippen molar-refractivity contribution < 1.29 is 5.11 Å². The third-order valence-corrected chi connectivity index (χ3v) is 3.82. The van der Waals surface area contributed by atoms with Crippen LogP contribution in [0.15, 0.2) is 0 Å². The van der Waals surface area contributed by atoms with Gasteiger partial charge in [-0.2, -0.15) is 0 Å². The number of nitrogens with two attached hydrogens (primary N) is 1. The van der Waals surface area contributed by atoms with E-state index in [4.69, 9.17) is 5.73 Å². The largest absolute Gasteiger partial charge is 0.392 e. The Bertz CT molecular complexity index is 186. The van der Waals surface area contributed by atoms with Gasteiger partial charge in [-0.25, -0.2) is 0 Å². The molecule has 82 valence electrons. The molecule has 0 aromatic carbocycles. The summed E-state index contributed by atoms with van der Waals surface area (Å²) in [6.07, 6.45) is 6.06. The van der Waals surface area contributed by atoms with Crippen molar-refractivity contribution in [1.29, 1.82) is 0 Å². The highest BCUT2D eigenvalue weighted by atomic mass is 16.3. The molecule has 2 rings (SSSR count). The molecule has 0 radical (unpaired) electrons. The molecule has 3 N–H and O–H groups in total. The maximum atomic E-state index is 9.51. The van der Waals surface area contributed by atoms with E-state index in [9.17, 15) is 5.11 Å². The van der Waals surface area contributed by atoms with Gasteiger partial charge in [-0.1, -0.05) is 6.42 Å². The lowest BCUT2D eigenvalue weighted by Gasteiger charge is -2.29. The van der Waals surface area contributed by atoms with E-state index in [0.717, 1.165) is 44.4 Å². The van der Waals surface area contributed by atoms with E-state index in [-0.39, 0.29) is 6.10 Å². The molecular formula is C11H22N2O. The van der Waals surface area contributed by atoms with Gasteiger partial charge in [0.25, 0.3) is 0 Å². The number of hydrogen-bond acceptors (Lipinski definition) is 3. The molecular weight excluding hydrogens is 176 g/mol. The average molecular weight is 198 g/mol. The van der Waals surface area contributed by atoms with Gasteiger partial charge in [-0.05, 0) is 38.1 Å². The molecule has 0 aromatic heterocycles. The zero-order valence-corrected chi connectivity index (χ0v) is 8.86. The number of β-amino-alcohol motifs (C(OH)–C–C–N with tert-alkyl or cyclic N) is 1. The third kappa shape index (κ3) is 2.10. The number of nitrogens with zero attached hydrogens (tertiary/aromatic N) is 1. The van der Waals surface area contributed by atoms with E-state index in [1.165, 1.54) is 19.3 Å². The van der Waals surface area contributed by atoms with Crippen LogP contribution in [-0.2, 0) is 0 Å². The van der Waals surface area contributed by atoms with E-state index in [0.29, 0.717) is 0 Å². The lowest BCUT2D eigenvalue weighted by atomic mass is 9.98. The maximum Gasteiger partial charge on any atom is 0.0679 e. The molecule has 1 heterocycles. The lowest BCUT2D eigenvalue weighted by molar-refractivity contribution is 0.142. The number of aliphatic hydroxyl groups excluding tert-OH is 1. The van der Waals surface area contributed by atoms with Crippen molar-refractivity contribution >= 4 is 0 Å². The van der Waals surface area contributed by atoms with Crippen LogP contribution in [0.2, 0.25) is 0 Å². The normalized spacial score (nSPS) is 39.4. The molecule has 3 unspecified atom stereocenters. The molecule has 3 heteroatoms. The fraction of sp³-hybridized carbons (Fsp3) is 1.00. The SMILES string of the molecule is NCCC1CCCC1N1CCC(O)C1. The van der Waals surface area contributed by atoms with Crippen LogP contribution in [0.4, 0.5) is 0 Å². The molecule has 0 amide bonds. The summed E-state index contributed by atoms with van der Waals surface area (Å²) in [7, 11) is 0. The molecule has 2 aliphatic rings. The number of aliphatic hydroxyl groups is 1. The van der Waals surface area contributed by atoms with Gasteiger partial charge < -0.3 is 10.8 Å². The van der Waals surface area contributed by atoms with Crippen LogP contribution in [0.3, 0.4) is 0 Å². The molecule has 3 atom stereocenters. The summed E-state index contributed by atoms with van der Waals surface area (Å²) in [6.45, 7) is 2.80. The van der Waals surface area contributed by atoms with E-state index in [1.807, 2.05) is 0 Å². The standard InChI is InChI=1S/C11H22N2O/c12-6-4-9-2-1-3-11(9)13-7-5-10(14)8-13/h9-11,14H,1-8,12H2. The highest BCUT2D eigenvalue weighted by Gasteiger charge is 2.34. The molecule has 2 fully saturated rings. The van der Waals surface area contributed by atoms with E-state index < -0.39 is 0 Å². The Balaban J connectivity index is 1.89. The van der Waals surface area contributed by atoms with Crippen LogP contribution in [0.1, 0.15) is 32.1 Å². The second-order valence-electron chi connectivity index (χ2n) is 4.77. The smallest absolute Gasteiger partial charge is 0.0679 e. The van der Waals surface area contributed by atoms with Crippen molar-refractivity contribution in [2.75, 3.05) is 19.6 Å². The van der Waals surface area contributed by atoms with Gasteiger partial charge in [0, 0.05) is 19.1 Å². The Morgan fingerprint density at radius 2 is 2.14 bits per heavy atom. The molecule has 14 heavy (non-hydrogen) atoms. The van der Waals surface area contributed by atoms with Crippen LogP contribution in [0, 0.1) is 5.92 Å². The molecule has 1 saturated carbocycles. The first-order valence-corrected chi connectivity index (χ1v) is 5.93. The van der Waals surface area contributed by atoms with Crippen LogP contribution in [0.25, 0.3) is 0 Å². The van der Waals surface area contributed by atoms with Gasteiger partial charge in [0.2, 0.25) is 0 Å². The summed E-state index contributed by atoms with van der Waals surface area (Å²) in [5.41, 5.74) is 5.63. The van der Waals surface area contributed by atoms with Gasteiger partial charge in [0.05, 0.1) is 6.10 Å². The Morgan fingerprint density at radius 3 is 2.79 bits per heavy atom. The van der Waals surface area contributed by atoms with Crippen molar-refractivity contribution in [2.45, 2.75) is 44.2 Å². The van der Waals surface area contributed by atoms with Crippen molar-refractivity contribution in [3.05, 3.63) is 0 Å². The highest BCUT2D eigenvalue weighted by Crippen LogP contribution is 2.33. The van der Waals surface area contributed by atoms with Gasteiger partial charge in [-0.15, -0.1) is 0 Å². The van der Waals surface area contributed by atoms with Crippen LogP contribution in [-0.4, -0.2) is 41.8 Å². The van der Waals surface area contributed by atoms with Crippen LogP contribution in [0.5, 0.6) is 0 Å². The fourth-order valence-electron chi connectivity index (χ4n) is 3.12. The van der Waals surface area contributed by atoms with Gasteiger partial charge >= 0.3 is 0 Å². The summed E-state index contributed by atoms with van der Waals surface area (Å²) in [5.74, 6) is 0.797. The zero-order chi connectivity index (χ0) is 9.97. The molecule has 3 nitrogen and oxygen atoms in total. The molecule has 1 aliphatic carbocycles. The summed E-state index contributed by atoms with van der Waals surface area (Å²) in [4.78, 5) is 2.48. The summed E-state index contributed by atoms with van der Waals surface area (Å²) in [5, 5.41) is 9.51. The maximum absolute atomic E-state index is 9.51. The summed E-state index contributed by atoms with van der Waals surface area (Å²) in [6, 6.07) is 0.718.